The van der Waals surface area contributed by atoms with E-state index < -0.39 is 18.5 Å². The number of amides is 1. The van der Waals surface area contributed by atoms with Crippen molar-refractivity contribution in [3.05, 3.63) is 108 Å². The van der Waals surface area contributed by atoms with Crippen molar-refractivity contribution in [3.8, 4) is 17.2 Å². The van der Waals surface area contributed by atoms with Crippen LogP contribution >= 0.6 is 0 Å². The number of carbonyl (C=O) groups is 2. The van der Waals surface area contributed by atoms with E-state index in [2.05, 4.69) is 5.32 Å². The normalized spacial score (nSPS) is 10.5. The molecule has 0 saturated carbocycles. The molecule has 4 aromatic rings. The molecule has 0 fully saturated rings. The van der Waals surface area contributed by atoms with Crippen LogP contribution in [0.1, 0.15) is 21.7 Å². The topological polar surface area (TPSA) is 69.6 Å². The van der Waals surface area contributed by atoms with E-state index in [-0.39, 0.29) is 0 Å². The molecule has 3 aromatic carbocycles. The van der Waals surface area contributed by atoms with Gasteiger partial charge in [0.25, 0.3) is 5.91 Å². The number of hydrogen-bond donors (Lipinski definition) is 1. The Kier molecular flexibility index (Phi) is 6.55. The summed E-state index contributed by atoms with van der Waals surface area (Å²) in [5.74, 6) is 0.146. The van der Waals surface area contributed by atoms with Crippen LogP contribution in [-0.2, 0) is 9.53 Å². The Balaban J connectivity index is 1.41. The molecule has 166 valence electrons. The zero-order valence-electron chi connectivity index (χ0n) is 18.4. The van der Waals surface area contributed by atoms with Gasteiger partial charge in [0, 0.05) is 17.1 Å². The predicted octanol–water partition coefficient (Wildman–Crippen LogP) is 5.68. The van der Waals surface area contributed by atoms with Crippen LogP contribution in [-0.4, -0.2) is 23.1 Å². The Hall–Kier alpha value is -4.32. The van der Waals surface area contributed by atoms with Crippen LogP contribution in [0, 0.1) is 13.8 Å². The number of ether oxygens (including phenoxy) is 2. The quantitative estimate of drug-likeness (QED) is 0.375. The number of rotatable bonds is 7. The second-order valence-electron chi connectivity index (χ2n) is 7.49. The van der Waals surface area contributed by atoms with Crippen molar-refractivity contribution < 1.29 is 19.1 Å². The minimum atomic E-state index is -0.547. The number of aromatic nitrogens is 1. The standard InChI is InChI=1S/C27H24N2O4/c1-19-17-23(20(2)29(19)21-11-5-3-6-12-21)27(31)32-18-26(30)28-24-15-9-10-16-25(24)33-22-13-7-4-8-14-22/h3-17H,18H2,1-2H3,(H,28,30). The molecule has 33 heavy (non-hydrogen) atoms. The molecule has 0 spiro atoms. The molecule has 0 radical (unpaired) electrons. The number of carbonyl (C=O) groups excluding carboxylic acids is 2. The molecular weight excluding hydrogens is 416 g/mol. The first-order valence-electron chi connectivity index (χ1n) is 10.6. The van der Waals surface area contributed by atoms with Crippen molar-refractivity contribution in [1.29, 1.82) is 0 Å². The van der Waals surface area contributed by atoms with E-state index in [1.165, 1.54) is 0 Å². The number of esters is 1. The van der Waals surface area contributed by atoms with Crippen LogP contribution in [0.15, 0.2) is 91.0 Å². The van der Waals surface area contributed by atoms with E-state index in [1.54, 1.807) is 24.3 Å². The van der Waals surface area contributed by atoms with Crippen molar-refractivity contribution in [2.45, 2.75) is 13.8 Å². The monoisotopic (exact) mass is 440 g/mol. The Morgan fingerprint density at radius 3 is 2.21 bits per heavy atom. The SMILES string of the molecule is Cc1cc(C(=O)OCC(=O)Nc2ccccc2Oc2ccccc2)c(C)n1-c1ccccc1. The largest absolute Gasteiger partial charge is 0.455 e. The van der Waals surface area contributed by atoms with Crippen LogP contribution in [0.5, 0.6) is 11.5 Å². The van der Waals surface area contributed by atoms with Gasteiger partial charge in [-0.2, -0.15) is 0 Å². The molecule has 6 heteroatoms. The molecule has 0 aliphatic heterocycles. The van der Waals surface area contributed by atoms with Crippen LogP contribution in [0.2, 0.25) is 0 Å². The van der Waals surface area contributed by atoms with E-state index in [1.807, 2.05) is 85.1 Å². The number of hydrogen-bond acceptors (Lipinski definition) is 4. The predicted molar refractivity (Wildman–Crippen MR) is 127 cm³/mol. The highest BCUT2D eigenvalue weighted by molar-refractivity contribution is 5.97. The fraction of sp³-hybridized carbons (Fsp3) is 0.111. The van der Waals surface area contributed by atoms with Gasteiger partial charge in [0.2, 0.25) is 0 Å². The van der Waals surface area contributed by atoms with E-state index >= 15 is 0 Å². The molecule has 0 saturated heterocycles. The molecule has 0 unspecified atom stereocenters. The molecule has 1 aromatic heterocycles. The maximum Gasteiger partial charge on any atom is 0.340 e. The second-order valence-corrected chi connectivity index (χ2v) is 7.49. The van der Waals surface area contributed by atoms with Gasteiger partial charge in [-0.25, -0.2) is 4.79 Å². The van der Waals surface area contributed by atoms with Crippen molar-refractivity contribution >= 4 is 17.6 Å². The highest BCUT2D eigenvalue weighted by Crippen LogP contribution is 2.29. The Morgan fingerprint density at radius 1 is 0.848 bits per heavy atom. The van der Waals surface area contributed by atoms with Gasteiger partial charge in [-0.1, -0.05) is 48.5 Å². The van der Waals surface area contributed by atoms with E-state index in [9.17, 15) is 9.59 Å². The summed E-state index contributed by atoms with van der Waals surface area (Å²) in [7, 11) is 0. The van der Waals surface area contributed by atoms with Crippen LogP contribution in [0.3, 0.4) is 0 Å². The third kappa shape index (κ3) is 5.13. The number of nitrogens with zero attached hydrogens (tertiary/aromatic N) is 1. The first kappa shape index (κ1) is 21.9. The lowest BCUT2D eigenvalue weighted by molar-refractivity contribution is -0.119. The zero-order valence-corrected chi connectivity index (χ0v) is 18.4. The summed E-state index contributed by atoms with van der Waals surface area (Å²) in [6.45, 7) is 3.37. The zero-order chi connectivity index (χ0) is 23.2. The second kappa shape index (κ2) is 9.87. The minimum Gasteiger partial charge on any atom is -0.455 e. The van der Waals surface area contributed by atoms with Crippen LogP contribution < -0.4 is 10.1 Å². The molecule has 1 N–H and O–H groups in total. The first-order valence-corrected chi connectivity index (χ1v) is 10.6. The number of anilines is 1. The Bertz CT molecular complexity index is 1260. The molecular formula is C27H24N2O4. The maximum atomic E-state index is 12.7. The summed E-state index contributed by atoms with van der Waals surface area (Å²) in [5, 5.41) is 2.75. The third-order valence-corrected chi connectivity index (χ3v) is 5.13. The summed E-state index contributed by atoms with van der Waals surface area (Å²) < 4.78 is 13.1. The molecule has 0 bridgehead atoms. The highest BCUT2D eigenvalue weighted by Gasteiger charge is 2.19. The molecule has 4 rings (SSSR count). The van der Waals surface area contributed by atoms with Gasteiger partial charge in [0.1, 0.15) is 5.75 Å². The van der Waals surface area contributed by atoms with Crippen LogP contribution in [0.4, 0.5) is 5.69 Å². The summed E-state index contributed by atoms with van der Waals surface area (Å²) in [4.78, 5) is 25.2. The van der Waals surface area contributed by atoms with Gasteiger partial charge in [0.05, 0.1) is 11.3 Å². The van der Waals surface area contributed by atoms with E-state index in [0.717, 1.165) is 17.1 Å². The first-order chi connectivity index (χ1) is 16.0. The molecule has 0 aliphatic rings. The lowest BCUT2D eigenvalue weighted by atomic mass is 10.2. The maximum absolute atomic E-state index is 12.7. The smallest absolute Gasteiger partial charge is 0.340 e. The third-order valence-electron chi connectivity index (χ3n) is 5.13. The summed E-state index contributed by atoms with van der Waals surface area (Å²) in [6, 6.07) is 27.9. The Morgan fingerprint density at radius 2 is 1.48 bits per heavy atom. The fourth-order valence-electron chi connectivity index (χ4n) is 3.61. The van der Waals surface area contributed by atoms with Gasteiger partial charge in [-0.15, -0.1) is 0 Å². The Labute approximate surface area is 192 Å². The number of para-hydroxylation sites is 4. The van der Waals surface area contributed by atoms with Crippen molar-refractivity contribution in [2.75, 3.05) is 11.9 Å². The molecule has 1 amide bonds. The van der Waals surface area contributed by atoms with E-state index in [4.69, 9.17) is 9.47 Å². The van der Waals surface area contributed by atoms with Gasteiger partial charge in [-0.3, -0.25) is 4.79 Å². The summed E-state index contributed by atoms with van der Waals surface area (Å²) in [5.41, 5.74) is 3.54. The van der Waals surface area contributed by atoms with Gasteiger partial charge >= 0.3 is 5.97 Å². The molecule has 6 nitrogen and oxygen atoms in total. The summed E-state index contributed by atoms with van der Waals surface area (Å²) >= 11 is 0. The van der Waals surface area contributed by atoms with Gasteiger partial charge < -0.3 is 19.4 Å². The average molecular weight is 440 g/mol. The van der Waals surface area contributed by atoms with Gasteiger partial charge in [-0.05, 0) is 56.3 Å². The van der Waals surface area contributed by atoms with Crippen LogP contribution in [0.25, 0.3) is 5.69 Å². The lowest BCUT2D eigenvalue weighted by Gasteiger charge is -2.12. The fourth-order valence-corrected chi connectivity index (χ4v) is 3.61. The van der Waals surface area contributed by atoms with Crippen molar-refractivity contribution in [1.82, 2.24) is 4.57 Å². The van der Waals surface area contributed by atoms with Crippen molar-refractivity contribution in [3.63, 3.8) is 0 Å². The number of benzene rings is 3. The van der Waals surface area contributed by atoms with E-state index in [0.29, 0.717) is 22.7 Å². The highest BCUT2D eigenvalue weighted by atomic mass is 16.5. The number of nitrogens with one attached hydrogen (secondary N) is 1. The minimum absolute atomic E-state index is 0.409. The average Bonchev–Trinajstić information content (AvgIpc) is 3.14. The molecule has 1 heterocycles. The number of aryl methyl sites for hydroxylation is 1. The lowest BCUT2D eigenvalue weighted by Crippen LogP contribution is -2.21. The summed E-state index contributed by atoms with van der Waals surface area (Å²) in [6.07, 6.45) is 0. The molecule has 0 aliphatic carbocycles. The van der Waals surface area contributed by atoms with Crippen molar-refractivity contribution in [2.24, 2.45) is 0 Å². The van der Waals surface area contributed by atoms with Gasteiger partial charge in [0.15, 0.2) is 12.4 Å². The molecule has 0 atom stereocenters.